The van der Waals surface area contributed by atoms with Gasteiger partial charge in [0, 0.05) is 13.5 Å². The van der Waals surface area contributed by atoms with Crippen molar-refractivity contribution in [2.45, 2.75) is 12.5 Å². The number of benzene rings is 1. The highest BCUT2D eigenvalue weighted by Crippen LogP contribution is 2.42. The first kappa shape index (κ1) is 12.7. The van der Waals surface area contributed by atoms with Crippen molar-refractivity contribution in [2.75, 3.05) is 6.61 Å². The van der Waals surface area contributed by atoms with Gasteiger partial charge in [0.05, 0.1) is 24.3 Å². The quantitative estimate of drug-likeness (QED) is 0.899. The predicted octanol–water partition coefficient (Wildman–Crippen LogP) is 1.60. The van der Waals surface area contributed by atoms with Crippen LogP contribution in [0.1, 0.15) is 17.4 Å². The van der Waals surface area contributed by atoms with Crippen LogP contribution in [-0.2, 0) is 13.5 Å². The fraction of sp³-hybridized carbons (Fsp3) is 0.333. The number of nitriles is 1. The van der Waals surface area contributed by atoms with Crippen LogP contribution >= 0.6 is 0 Å². The lowest BCUT2D eigenvalue weighted by molar-refractivity contribution is 0.0127. The van der Waals surface area contributed by atoms with Crippen LogP contribution in [0.3, 0.4) is 0 Å². The van der Waals surface area contributed by atoms with Crippen molar-refractivity contribution in [3.05, 3.63) is 48.0 Å². The minimum atomic E-state index is -0.984. The predicted molar refractivity (Wildman–Crippen MR) is 71.9 cm³/mol. The van der Waals surface area contributed by atoms with Gasteiger partial charge in [0.2, 0.25) is 0 Å². The van der Waals surface area contributed by atoms with Crippen LogP contribution in [0.4, 0.5) is 0 Å². The Labute approximate surface area is 117 Å². The van der Waals surface area contributed by atoms with Gasteiger partial charge in [-0.05, 0) is 11.6 Å². The molecule has 0 radical (unpaired) electrons. The molecular formula is C15H15N3O2. The Morgan fingerprint density at radius 2 is 2.30 bits per heavy atom. The Hall–Kier alpha value is -2.32. The maximum atomic E-state index is 10.6. The van der Waals surface area contributed by atoms with E-state index in [9.17, 15) is 10.4 Å². The third-order valence-electron chi connectivity index (χ3n) is 3.84. The highest BCUT2D eigenvalue weighted by molar-refractivity contribution is 5.38. The van der Waals surface area contributed by atoms with E-state index in [-0.39, 0.29) is 6.61 Å². The molecule has 1 aliphatic heterocycles. The van der Waals surface area contributed by atoms with Crippen molar-refractivity contribution in [2.24, 2.45) is 12.5 Å². The molecule has 0 amide bonds. The Kier molecular flexibility index (Phi) is 2.96. The van der Waals surface area contributed by atoms with Gasteiger partial charge in [0.1, 0.15) is 23.9 Å². The van der Waals surface area contributed by atoms with Crippen LogP contribution in [0.2, 0.25) is 0 Å². The molecule has 1 N–H and O–H groups in total. The van der Waals surface area contributed by atoms with Crippen molar-refractivity contribution in [3.63, 3.8) is 0 Å². The van der Waals surface area contributed by atoms with Gasteiger partial charge in [0.25, 0.3) is 0 Å². The highest BCUT2D eigenvalue weighted by Gasteiger charge is 2.44. The van der Waals surface area contributed by atoms with Gasteiger partial charge in [-0.1, -0.05) is 18.2 Å². The van der Waals surface area contributed by atoms with Crippen LogP contribution < -0.4 is 4.74 Å². The third-order valence-corrected chi connectivity index (χ3v) is 3.84. The van der Waals surface area contributed by atoms with E-state index in [2.05, 4.69) is 11.1 Å². The number of rotatable bonds is 2. The molecule has 0 saturated carbocycles. The average Bonchev–Trinajstić information content (AvgIpc) is 2.92. The Bertz CT molecular complexity index is 674. The first-order valence-electron chi connectivity index (χ1n) is 6.42. The van der Waals surface area contributed by atoms with Crippen LogP contribution in [0.15, 0.2) is 36.8 Å². The van der Waals surface area contributed by atoms with Crippen molar-refractivity contribution >= 4 is 0 Å². The van der Waals surface area contributed by atoms with E-state index in [0.717, 1.165) is 11.3 Å². The molecule has 1 aliphatic rings. The summed E-state index contributed by atoms with van der Waals surface area (Å²) < 4.78 is 7.40. The van der Waals surface area contributed by atoms with E-state index < -0.39 is 11.5 Å². The number of aliphatic hydroxyl groups excluding tert-OH is 1. The number of nitrogens with zero attached hydrogens (tertiary/aromatic N) is 3. The van der Waals surface area contributed by atoms with E-state index >= 15 is 0 Å². The van der Waals surface area contributed by atoms with Gasteiger partial charge in [-0.25, -0.2) is 4.98 Å². The largest absolute Gasteiger partial charge is 0.492 e. The number of imidazole rings is 1. The Morgan fingerprint density at radius 1 is 1.50 bits per heavy atom. The molecule has 2 unspecified atom stereocenters. The fourth-order valence-electron chi connectivity index (χ4n) is 2.61. The van der Waals surface area contributed by atoms with E-state index in [1.165, 1.54) is 0 Å². The number of fused-ring (bicyclic) bond motifs is 1. The molecule has 0 saturated heterocycles. The monoisotopic (exact) mass is 269 g/mol. The summed E-state index contributed by atoms with van der Waals surface area (Å²) in [5.74, 6) is 0.788. The van der Waals surface area contributed by atoms with E-state index in [1.807, 2.05) is 24.3 Å². The summed E-state index contributed by atoms with van der Waals surface area (Å²) in [6.07, 6.45) is 2.73. The number of aromatic nitrogens is 2. The second-order valence-electron chi connectivity index (χ2n) is 5.17. The summed E-state index contributed by atoms with van der Waals surface area (Å²) in [6, 6.07) is 9.87. The number of aliphatic hydroxyl groups is 1. The molecule has 5 heteroatoms. The lowest BCUT2D eigenvalue weighted by Gasteiger charge is -2.35. The molecule has 0 fully saturated rings. The van der Waals surface area contributed by atoms with E-state index in [0.29, 0.717) is 12.1 Å². The molecule has 0 bridgehead atoms. The van der Waals surface area contributed by atoms with Crippen molar-refractivity contribution in [1.82, 2.24) is 9.55 Å². The van der Waals surface area contributed by atoms with E-state index in [1.54, 1.807) is 24.1 Å². The van der Waals surface area contributed by atoms with Gasteiger partial charge in [-0.3, -0.25) is 0 Å². The van der Waals surface area contributed by atoms with Gasteiger partial charge >= 0.3 is 0 Å². The van der Waals surface area contributed by atoms with Gasteiger partial charge < -0.3 is 14.4 Å². The second-order valence-corrected chi connectivity index (χ2v) is 5.17. The lowest BCUT2D eigenvalue weighted by Crippen LogP contribution is -2.39. The molecule has 1 aromatic heterocycles. The Morgan fingerprint density at radius 3 is 3.00 bits per heavy atom. The Balaban J connectivity index is 1.99. The summed E-state index contributed by atoms with van der Waals surface area (Å²) in [5.41, 5.74) is 0.582. The summed E-state index contributed by atoms with van der Waals surface area (Å²) >= 11 is 0. The van der Waals surface area contributed by atoms with Crippen molar-refractivity contribution < 1.29 is 9.84 Å². The molecular weight excluding hydrogens is 254 g/mol. The van der Waals surface area contributed by atoms with Crippen molar-refractivity contribution in [3.8, 4) is 11.8 Å². The SMILES string of the molecule is Cn1cncc1C(O)C1(C#N)COc2ccccc2C1. The maximum absolute atomic E-state index is 10.6. The lowest BCUT2D eigenvalue weighted by atomic mass is 9.76. The van der Waals surface area contributed by atoms with Gasteiger partial charge in [-0.2, -0.15) is 5.26 Å². The van der Waals surface area contributed by atoms with Crippen LogP contribution in [0.25, 0.3) is 0 Å². The molecule has 102 valence electrons. The summed E-state index contributed by atoms with van der Waals surface area (Å²) in [4.78, 5) is 4.00. The molecule has 2 aromatic rings. The molecule has 2 heterocycles. The zero-order valence-corrected chi connectivity index (χ0v) is 11.2. The number of hydrogen-bond donors (Lipinski definition) is 1. The standard InChI is InChI=1S/C15H15N3O2/c1-18-10-17-7-12(18)14(19)15(8-16)6-11-4-2-3-5-13(11)20-9-15/h2-5,7,10,14,19H,6,9H2,1H3. The normalized spacial score (nSPS) is 22.4. The third kappa shape index (κ3) is 1.86. The maximum Gasteiger partial charge on any atom is 0.127 e. The van der Waals surface area contributed by atoms with Crippen LogP contribution in [0.5, 0.6) is 5.75 Å². The minimum absolute atomic E-state index is 0.173. The zero-order valence-electron chi connectivity index (χ0n) is 11.2. The van der Waals surface area contributed by atoms with Crippen molar-refractivity contribution in [1.29, 1.82) is 5.26 Å². The molecule has 3 rings (SSSR count). The first-order chi connectivity index (χ1) is 9.66. The highest BCUT2D eigenvalue weighted by atomic mass is 16.5. The van der Waals surface area contributed by atoms with E-state index in [4.69, 9.17) is 4.74 Å². The molecule has 5 nitrogen and oxygen atoms in total. The number of para-hydroxylation sites is 1. The molecule has 20 heavy (non-hydrogen) atoms. The number of ether oxygens (including phenoxy) is 1. The van der Waals surface area contributed by atoms with Gasteiger partial charge in [-0.15, -0.1) is 0 Å². The van der Waals surface area contributed by atoms with Crippen LogP contribution in [0, 0.1) is 16.7 Å². The average molecular weight is 269 g/mol. The summed E-state index contributed by atoms with van der Waals surface area (Å²) in [7, 11) is 1.80. The molecule has 1 aromatic carbocycles. The van der Waals surface area contributed by atoms with Gasteiger partial charge in [0.15, 0.2) is 0 Å². The van der Waals surface area contributed by atoms with Crippen LogP contribution in [-0.4, -0.2) is 21.3 Å². The topological polar surface area (TPSA) is 71.1 Å². The second kappa shape index (κ2) is 4.66. The minimum Gasteiger partial charge on any atom is -0.492 e. The smallest absolute Gasteiger partial charge is 0.127 e. The zero-order chi connectivity index (χ0) is 14.2. The molecule has 0 spiro atoms. The first-order valence-corrected chi connectivity index (χ1v) is 6.42. The number of hydrogen-bond acceptors (Lipinski definition) is 4. The molecule has 2 atom stereocenters. The summed E-state index contributed by atoms with van der Waals surface area (Å²) in [6.45, 7) is 0.173. The summed E-state index contributed by atoms with van der Waals surface area (Å²) in [5, 5.41) is 20.2. The number of aryl methyl sites for hydroxylation is 1. The fourth-order valence-corrected chi connectivity index (χ4v) is 2.61. The molecule has 0 aliphatic carbocycles.